The molecule has 6 nitrogen and oxygen atoms in total. The number of nitrogens with zero attached hydrogens (tertiary/aromatic N) is 2. The monoisotopic (exact) mass is 510 g/mol. The van der Waals surface area contributed by atoms with Crippen molar-refractivity contribution in [3.05, 3.63) is 46.6 Å². The van der Waals surface area contributed by atoms with Crippen molar-refractivity contribution in [1.29, 1.82) is 0 Å². The number of likely N-dealkylation sites (N-methyl/N-ethyl adjacent to an activating group) is 2. The van der Waals surface area contributed by atoms with E-state index in [1.165, 1.54) is 0 Å². The maximum atomic E-state index is 13.5. The molecule has 0 aliphatic rings. The lowest BCUT2D eigenvalue weighted by atomic mass is 10.1. The maximum Gasteiger partial charge on any atom is 0.200 e. The average molecular weight is 511 g/mol. The number of fused-ring (bicyclic) bond motifs is 2. The lowest BCUT2D eigenvalue weighted by molar-refractivity contribution is 0.137. The van der Waals surface area contributed by atoms with E-state index in [9.17, 15) is 4.79 Å². The van der Waals surface area contributed by atoms with Crippen LogP contribution < -0.4 is 14.9 Å². The van der Waals surface area contributed by atoms with Crippen LogP contribution in [0.2, 0.25) is 0 Å². The van der Waals surface area contributed by atoms with Crippen LogP contribution in [0, 0.1) is 0 Å². The fourth-order valence-corrected chi connectivity index (χ4v) is 5.34. The second kappa shape index (κ2) is 14.4. The highest BCUT2D eigenvalue weighted by Gasteiger charge is 2.20. The van der Waals surface area contributed by atoms with Crippen LogP contribution in [0.25, 0.3) is 21.9 Å². The Kier molecular flexibility index (Phi) is 11.3. The summed E-state index contributed by atoms with van der Waals surface area (Å²) in [6.07, 6.45) is 4.30. The molecule has 0 bridgehead atoms. The van der Waals surface area contributed by atoms with Gasteiger partial charge in [0.05, 0.1) is 10.8 Å². The summed E-state index contributed by atoms with van der Waals surface area (Å²) in [5, 5.41) is 1.06. The summed E-state index contributed by atoms with van der Waals surface area (Å²) in [6.45, 7) is 18.2. The summed E-state index contributed by atoms with van der Waals surface area (Å²) < 4.78 is 19.1. The molecule has 1 aromatic heterocycles. The van der Waals surface area contributed by atoms with Gasteiger partial charge in [0.25, 0.3) is 0 Å². The minimum Gasteiger partial charge on any atom is -0.488 e. The van der Waals surface area contributed by atoms with E-state index in [0.29, 0.717) is 58.7 Å². The van der Waals surface area contributed by atoms with Crippen molar-refractivity contribution in [3.63, 3.8) is 0 Å². The van der Waals surface area contributed by atoms with E-state index in [1.54, 1.807) is 0 Å². The zero-order valence-electron chi connectivity index (χ0n) is 23.7. The largest absolute Gasteiger partial charge is 0.488 e. The van der Waals surface area contributed by atoms with Crippen LogP contribution in [0.5, 0.6) is 11.5 Å². The topological polar surface area (TPSA) is 55.2 Å². The van der Waals surface area contributed by atoms with Crippen LogP contribution in [0.1, 0.15) is 67.2 Å². The first-order chi connectivity index (χ1) is 18.0. The molecule has 2 unspecified atom stereocenters. The SMILES string of the molecule is CCCC(COc1cccc2c(=O)c3cccc(OCC(CCC)N(CC)CC)c3oc12)N(CC)CC. The first-order valence-corrected chi connectivity index (χ1v) is 14.2. The second-order valence-electron chi connectivity index (χ2n) is 9.65. The molecule has 37 heavy (non-hydrogen) atoms. The Morgan fingerprint density at radius 2 is 1.08 bits per heavy atom. The molecule has 0 aliphatic heterocycles. The third-order valence-corrected chi connectivity index (χ3v) is 7.41. The number of rotatable bonds is 16. The zero-order valence-corrected chi connectivity index (χ0v) is 23.7. The molecule has 2 aromatic carbocycles. The van der Waals surface area contributed by atoms with Crippen LogP contribution >= 0.6 is 0 Å². The Morgan fingerprint density at radius 1 is 0.676 bits per heavy atom. The van der Waals surface area contributed by atoms with Gasteiger partial charge in [0.2, 0.25) is 5.43 Å². The van der Waals surface area contributed by atoms with Gasteiger partial charge in [-0.05, 0) is 63.3 Å². The highest BCUT2D eigenvalue weighted by molar-refractivity contribution is 5.94. The second-order valence-corrected chi connectivity index (χ2v) is 9.65. The van der Waals surface area contributed by atoms with Gasteiger partial charge in [0.1, 0.15) is 13.2 Å². The van der Waals surface area contributed by atoms with Crippen molar-refractivity contribution in [2.75, 3.05) is 39.4 Å². The molecule has 0 saturated carbocycles. The van der Waals surface area contributed by atoms with Gasteiger partial charge in [-0.25, -0.2) is 0 Å². The molecule has 3 rings (SSSR count). The Labute approximate surface area is 222 Å². The van der Waals surface area contributed by atoms with Crippen molar-refractivity contribution in [3.8, 4) is 11.5 Å². The van der Waals surface area contributed by atoms with E-state index in [2.05, 4.69) is 51.3 Å². The lowest BCUT2D eigenvalue weighted by Gasteiger charge is -2.29. The molecule has 0 fully saturated rings. The van der Waals surface area contributed by atoms with Crippen molar-refractivity contribution in [1.82, 2.24) is 9.80 Å². The fraction of sp³-hybridized carbons (Fsp3) is 0.581. The summed E-state index contributed by atoms with van der Waals surface area (Å²) >= 11 is 0. The summed E-state index contributed by atoms with van der Waals surface area (Å²) in [6, 6.07) is 11.8. The van der Waals surface area contributed by atoms with Gasteiger partial charge in [-0.1, -0.05) is 66.5 Å². The summed E-state index contributed by atoms with van der Waals surface area (Å²) in [5.74, 6) is 1.21. The Bertz CT molecular complexity index is 1080. The zero-order chi connectivity index (χ0) is 26.8. The van der Waals surface area contributed by atoms with Gasteiger partial charge in [-0.15, -0.1) is 0 Å². The molecule has 6 heteroatoms. The molecular weight excluding hydrogens is 464 g/mol. The van der Waals surface area contributed by atoms with Gasteiger partial charge in [0.15, 0.2) is 22.7 Å². The van der Waals surface area contributed by atoms with Crippen molar-refractivity contribution >= 4 is 21.9 Å². The molecule has 0 N–H and O–H groups in total. The summed E-state index contributed by atoms with van der Waals surface area (Å²) in [4.78, 5) is 18.3. The standard InChI is InChI=1S/C31H46N2O4/c1-7-15-23(32(9-3)10-4)21-35-27-19-13-17-25-29(34)26-18-14-20-28(31(26)37-30(25)27)36-22-24(16-8-2)33(11-5)12-6/h13-14,17-20,23-24H,7-12,15-16,21-22H2,1-6H3. The smallest absolute Gasteiger partial charge is 0.200 e. The molecule has 3 aromatic rings. The van der Waals surface area contributed by atoms with Crippen LogP contribution in [-0.2, 0) is 0 Å². The number of hydrogen-bond acceptors (Lipinski definition) is 6. The van der Waals surface area contributed by atoms with Crippen molar-refractivity contribution in [2.24, 2.45) is 0 Å². The molecule has 0 saturated heterocycles. The molecule has 1 heterocycles. The molecule has 2 atom stereocenters. The lowest BCUT2D eigenvalue weighted by Crippen LogP contribution is -2.39. The Morgan fingerprint density at radius 3 is 1.43 bits per heavy atom. The number of benzene rings is 2. The van der Waals surface area contributed by atoms with Crippen molar-refractivity contribution in [2.45, 2.75) is 79.3 Å². The normalized spacial score (nSPS) is 13.5. The van der Waals surface area contributed by atoms with E-state index < -0.39 is 0 Å². The van der Waals surface area contributed by atoms with Crippen LogP contribution in [0.3, 0.4) is 0 Å². The van der Waals surface area contributed by atoms with Gasteiger partial charge in [-0.3, -0.25) is 14.6 Å². The highest BCUT2D eigenvalue weighted by Crippen LogP contribution is 2.32. The summed E-state index contributed by atoms with van der Waals surface area (Å²) in [7, 11) is 0. The Hall–Kier alpha value is -2.57. The number of ether oxygens (including phenoxy) is 2. The predicted molar refractivity (Wildman–Crippen MR) is 154 cm³/mol. The predicted octanol–water partition coefficient (Wildman–Crippen LogP) is 6.72. The van der Waals surface area contributed by atoms with Crippen LogP contribution in [0.15, 0.2) is 45.6 Å². The maximum absolute atomic E-state index is 13.5. The highest BCUT2D eigenvalue weighted by atomic mass is 16.5. The van der Waals surface area contributed by atoms with E-state index in [0.717, 1.165) is 51.9 Å². The van der Waals surface area contributed by atoms with E-state index >= 15 is 0 Å². The van der Waals surface area contributed by atoms with Gasteiger partial charge >= 0.3 is 0 Å². The van der Waals surface area contributed by atoms with E-state index in [1.807, 2.05) is 36.4 Å². The average Bonchev–Trinajstić information content (AvgIpc) is 2.92. The van der Waals surface area contributed by atoms with E-state index in [4.69, 9.17) is 13.9 Å². The third-order valence-electron chi connectivity index (χ3n) is 7.41. The Balaban J connectivity index is 1.97. The first kappa shape index (κ1) is 29.0. The quantitative estimate of drug-likeness (QED) is 0.199. The van der Waals surface area contributed by atoms with Gasteiger partial charge in [-0.2, -0.15) is 0 Å². The molecule has 0 aliphatic carbocycles. The van der Waals surface area contributed by atoms with Gasteiger partial charge in [0, 0.05) is 12.1 Å². The first-order valence-electron chi connectivity index (χ1n) is 14.2. The fourth-order valence-electron chi connectivity index (χ4n) is 5.34. The van der Waals surface area contributed by atoms with Crippen LogP contribution in [0.4, 0.5) is 0 Å². The molecule has 204 valence electrons. The number of para-hydroxylation sites is 2. The number of hydrogen-bond donors (Lipinski definition) is 0. The van der Waals surface area contributed by atoms with Gasteiger partial charge < -0.3 is 13.9 Å². The molecule has 0 amide bonds. The third kappa shape index (κ3) is 6.85. The van der Waals surface area contributed by atoms with Crippen LogP contribution in [-0.4, -0.2) is 61.3 Å². The summed E-state index contributed by atoms with van der Waals surface area (Å²) in [5.41, 5.74) is 0.911. The van der Waals surface area contributed by atoms with E-state index in [-0.39, 0.29) is 5.43 Å². The molecule has 0 spiro atoms. The molecular formula is C31H46N2O4. The van der Waals surface area contributed by atoms with Crippen molar-refractivity contribution < 1.29 is 13.9 Å². The molecule has 0 radical (unpaired) electrons. The minimum atomic E-state index is -0.0603. The minimum absolute atomic E-state index is 0.0603.